The lowest BCUT2D eigenvalue weighted by Gasteiger charge is -2.00. The van der Waals surface area contributed by atoms with Crippen LogP contribution in [0.25, 0.3) is 0 Å². The second kappa shape index (κ2) is 7.05. The summed E-state index contributed by atoms with van der Waals surface area (Å²) < 4.78 is 1.20. The minimum absolute atomic E-state index is 0.895. The van der Waals surface area contributed by atoms with Crippen molar-refractivity contribution in [1.29, 1.82) is 0 Å². The highest BCUT2D eigenvalue weighted by molar-refractivity contribution is 9.11. The zero-order valence-corrected chi connectivity index (χ0v) is 10.5. The molecule has 0 radical (unpaired) electrons. The molecular formula is C11H14BrNS. The normalized spacial score (nSPS) is 10.0. The van der Waals surface area contributed by atoms with Crippen LogP contribution in [0.4, 0.5) is 0 Å². The molecule has 0 saturated carbocycles. The summed E-state index contributed by atoms with van der Waals surface area (Å²) in [6, 6.07) is 4.23. The summed E-state index contributed by atoms with van der Waals surface area (Å²) in [4.78, 5) is 1.37. The summed E-state index contributed by atoms with van der Waals surface area (Å²) in [5.41, 5.74) is 0. The molecule has 0 aliphatic heterocycles. The number of hydrogen-bond acceptors (Lipinski definition) is 2. The first-order chi connectivity index (χ1) is 6.83. The fourth-order valence-corrected chi connectivity index (χ4v) is 2.59. The topological polar surface area (TPSA) is 12.0 Å². The zero-order valence-electron chi connectivity index (χ0n) is 8.05. The smallest absolute Gasteiger partial charge is 0.0701 e. The molecule has 0 amide bonds. The van der Waals surface area contributed by atoms with Gasteiger partial charge in [-0.3, -0.25) is 0 Å². The zero-order chi connectivity index (χ0) is 10.2. The van der Waals surface area contributed by atoms with Crippen molar-refractivity contribution in [2.75, 3.05) is 6.54 Å². The Labute approximate surface area is 98.0 Å². The Morgan fingerprint density at radius 3 is 2.93 bits per heavy atom. The van der Waals surface area contributed by atoms with E-state index in [0.29, 0.717) is 0 Å². The van der Waals surface area contributed by atoms with E-state index in [4.69, 9.17) is 6.42 Å². The number of thiophene rings is 1. The van der Waals surface area contributed by atoms with E-state index in [1.54, 1.807) is 11.3 Å². The lowest BCUT2D eigenvalue weighted by molar-refractivity contribution is 0.634. The van der Waals surface area contributed by atoms with E-state index in [9.17, 15) is 0 Å². The molecule has 1 nitrogen and oxygen atoms in total. The predicted molar refractivity (Wildman–Crippen MR) is 66.4 cm³/mol. The Morgan fingerprint density at radius 1 is 1.43 bits per heavy atom. The average Bonchev–Trinajstić information content (AvgIpc) is 2.58. The maximum absolute atomic E-state index is 5.16. The Kier molecular flexibility index (Phi) is 5.93. The van der Waals surface area contributed by atoms with Crippen LogP contribution in [0.15, 0.2) is 15.9 Å². The highest BCUT2D eigenvalue weighted by atomic mass is 79.9. The van der Waals surface area contributed by atoms with E-state index < -0.39 is 0 Å². The highest BCUT2D eigenvalue weighted by Gasteiger charge is 1.96. The maximum atomic E-state index is 5.16. The summed E-state index contributed by atoms with van der Waals surface area (Å²) >= 11 is 5.22. The van der Waals surface area contributed by atoms with Crippen molar-refractivity contribution < 1.29 is 0 Å². The van der Waals surface area contributed by atoms with Crippen LogP contribution in [-0.2, 0) is 6.54 Å². The number of halogens is 1. The van der Waals surface area contributed by atoms with E-state index in [2.05, 4.69) is 39.3 Å². The minimum Gasteiger partial charge on any atom is -0.312 e. The predicted octanol–water partition coefficient (Wildman–Crippen LogP) is 3.40. The fourth-order valence-electron chi connectivity index (χ4n) is 1.14. The number of terminal acetylenes is 1. The van der Waals surface area contributed by atoms with Crippen molar-refractivity contribution in [3.05, 3.63) is 20.8 Å². The third-order valence-corrected chi connectivity index (χ3v) is 3.48. The van der Waals surface area contributed by atoms with Gasteiger partial charge in [0.2, 0.25) is 0 Å². The van der Waals surface area contributed by atoms with Crippen LogP contribution >= 0.6 is 27.3 Å². The lowest BCUT2D eigenvalue weighted by atomic mass is 10.2. The molecule has 3 heteroatoms. The van der Waals surface area contributed by atoms with Gasteiger partial charge in [-0.1, -0.05) is 0 Å². The Bertz CT molecular complexity index is 300. The molecule has 1 aromatic heterocycles. The van der Waals surface area contributed by atoms with Crippen LogP contribution in [-0.4, -0.2) is 6.54 Å². The molecule has 0 aliphatic rings. The summed E-state index contributed by atoms with van der Waals surface area (Å²) in [6.07, 6.45) is 8.34. The van der Waals surface area contributed by atoms with E-state index in [1.807, 2.05) is 0 Å². The molecule has 1 rings (SSSR count). The van der Waals surface area contributed by atoms with Gasteiger partial charge in [-0.25, -0.2) is 0 Å². The number of nitrogens with one attached hydrogen (secondary N) is 1. The van der Waals surface area contributed by atoms with Gasteiger partial charge in [0.1, 0.15) is 0 Å². The van der Waals surface area contributed by atoms with E-state index >= 15 is 0 Å². The van der Waals surface area contributed by atoms with Gasteiger partial charge in [0.15, 0.2) is 0 Å². The van der Waals surface area contributed by atoms with Gasteiger partial charge in [-0.2, -0.15) is 0 Å². The van der Waals surface area contributed by atoms with Crippen LogP contribution < -0.4 is 5.32 Å². The van der Waals surface area contributed by atoms with Gasteiger partial charge in [0, 0.05) is 17.8 Å². The summed E-state index contributed by atoms with van der Waals surface area (Å²) in [6.45, 7) is 2.02. The van der Waals surface area contributed by atoms with Crippen LogP contribution in [0.1, 0.15) is 24.1 Å². The molecule has 0 fully saturated rings. The molecule has 1 N–H and O–H groups in total. The third kappa shape index (κ3) is 4.80. The molecule has 0 aliphatic carbocycles. The fraction of sp³-hybridized carbons (Fsp3) is 0.455. The molecule has 0 saturated heterocycles. The molecule has 1 aromatic rings. The van der Waals surface area contributed by atoms with Crippen LogP contribution in [0, 0.1) is 12.3 Å². The largest absolute Gasteiger partial charge is 0.312 e. The first-order valence-corrected chi connectivity index (χ1v) is 6.32. The molecule has 0 atom stereocenters. The molecular weight excluding hydrogens is 258 g/mol. The standard InChI is InChI=1S/C11H14BrNS/c1-2-3-4-5-8-13-9-10-6-7-11(12)14-10/h1,6-7,13H,3-5,8-9H2. The third-order valence-electron chi connectivity index (χ3n) is 1.85. The van der Waals surface area contributed by atoms with Crippen molar-refractivity contribution in [3.63, 3.8) is 0 Å². The molecule has 76 valence electrons. The molecule has 0 spiro atoms. The van der Waals surface area contributed by atoms with Crippen LogP contribution in [0.3, 0.4) is 0 Å². The molecule has 0 unspecified atom stereocenters. The second-order valence-electron chi connectivity index (χ2n) is 3.04. The quantitative estimate of drug-likeness (QED) is 0.618. The molecule has 1 heterocycles. The maximum Gasteiger partial charge on any atom is 0.0701 e. The van der Waals surface area contributed by atoms with Gasteiger partial charge in [0.25, 0.3) is 0 Å². The van der Waals surface area contributed by atoms with E-state index in [1.165, 1.54) is 8.66 Å². The van der Waals surface area contributed by atoms with E-state index in [-0.39, 0.29) is 0 Å². The van der Waals surface area contributed by atoms with Crippen LogP contribution in [0.2, 0.25) is 0 Å². The highest BCUT2D eigenvalue weighted by Crippen LogP contribution is 2.21. The second-order valence-corrected chi connectivity index (χ2v) is 5.59. The van der Waals surface area contributed by atoms with Gasteiger partial charge < -0.3 is 5.32 Å². The lowest BCUT2D eigenvalue weighted by Crippen LogP contribution is -2.13. The van der Waals surface area contributed by atoms with Gasteiger partial charge >= 0.3 is 0 Å². The monoisotopic (exact) mass is 271 g/mol. The summed E-state index contributed by atoms with van der Waals surface area (Å²) in [5.74, 6) is 2.65. The molecule has 0 aromatic carbocycles. The molecule has 14 heavy (non-hydrogen) atoms. The van der Waals surface area contributed by atoms with Gasteiger partial charge in [-0.05, 0) is 47.4 Å². The average molecular weight is 272 g/mol. The Balaban J connectivity index is 2.02. The van der Waals surface area contributed by atoms with E-state index in [0.717, 1.165) is 32.4 Å². The summed E-state index contributed by atoms with van der Waals surface area (Å²) in [7, 11) is 0. The van der Waals surface area contributed by atoms with Gasteiger partial charge in [-0.15, -0.1) is 23.7 Å². The van der Waals surface area contributed by atoms with Gasteiger partial charge in [0.05, 0.1) is 3.79 Å². The number of rotatable bonds is 6. The minimum atomic E-state index is 0.895. The number of hydrogen-bond donors (Lipinski definition) is 1. The van der Waals surface area contributed by atoms with Crippen molar-refractivity contribution >= 4 is 27.3 Å². The number of unbranched alkanes of at least 4 members (excludes halogenated alkanes) is 2. The van der Waals surface area contributed by atoms with Crippen molar-refractivity contribution in [1.82, 2.24) is 5.32 Å². The van der Waals surface area contributed by atoms with Crippen molar-refractivity contribution in [3.8, 4) is 12.3 Å². The Hall–Kier alpha value is -0.300. The SMILES string of the molecule is C#CCCCCNCc1ccc(Br)s1. The van der Waals surface area contributed by atoms with Crippen LogP contribution in [0.5, 0.6) is 0 Å². The first-order valence-electron chi connectivity index (χ1n) is 4.71. The summed E-state index contributed by atoms with van der Waals surface area (Å²) in [5, 5.41) is 3.39. The van der Waals surface area contributed by atoms with Crippen molar-refractivity contribution in [2.24, 2.45) is 0 Å². The van der Waals surface area contributed by atoms with Crippen molar-refractivity contribution in [2.45, 2.75) is 25.8 Å². The molecule has 0 bridgehead atoms. The Morgan fingerprint density at radius 2 is 2.29 bits per heavy atom. The first kappa shape index (κ1) is 11.8.